The SMILES string of the molecule is CCCN(CC(=O)O)C(=O)N1CCC(CC)(CC)CC1. The van der Waals surface area contributed by atoms with E-state index in [1.54, 1.807) is 0 Å². The van der Waals surface area contributed by atoms with Crippen molar-refractivity contribution in [3.8, 4) is 0 Å². The summed E-state index contributed by atoms with van der Waals surface area (Å²) in [5.41, 5.74) is 0.374. The third-order valence-corrected chi connectivity index (χ3v) is 4.68. The van der Waals surface area contributed by atoms with Crippen LogP contribution in [0.15, 0.2) is 0 Å². The summed E-state index contributed by atoms with van der Waals surface area (Å²) >= 11 is 0. The van der Waals surface area contributed by atoms with Crippen LogP contribution in [0.4, 0.5) is 4.79 Å². The zero-order chi connectivity index (χ0) is 15.2. The number of likely N-dealkylation sites (tertiary alicyclic amines) is 1. The van der Waals surface area contributed by atoms with E-state index >= 15 is 0 Å². The molecule has 5 nitrogen and oxygen atoms in total. The predicted octanol–water partition coefficient (Wildman–Crippen LogP) is 2.81. The van der Waals surface area contributed by atoms with Gasteiger partial charge in [-0.25, -0.2) is 4.79 Å². The van der Waals surface area contributed by atoms with Crippen molar-refractivity contribution in [1.29, 1.82) is 0 Å². The molecule has 0 saturated carbocycles. The lowest BCUT2D eigenvalue weighted by molar-refractivity contribution is -0.137. The number of hydrogen-bond acceptors (Lipinski definition) is 2. The van der Waals surface area contributed by atoms with Crippen molar-refractivity contribution >= 4 is 12.0 Å². The predicted molar refractivity (Wildman–Crippen MR) is 78.7 cm³/mol. The molecule has 0 bridgehead atoms. The minimum absolute atomic E-state index is 0.116. The molecule has 5 heteroatoms. The maximum atomic E-state index is 12.4. The van der Waals surface area contributed by atoms with Crippen LogP contribution in [0.2, 0.25) is 0 Å². The van der Waals surface area contributed by atoms with Crippen LogP contribution in [-0.2, 0) is 4.79 Å². The summed E-state index contributed by atoms with van der Waals surface area (Å²) in [4.78, 5) is 26.5. The molecule has 1 saturated heterocycles. The third kappa shape index (κ3) is 4.12. The highest BCUT2D eigenvalue weighted by atomic mass is 16.4. The molecule has 1 fully saturated rings. The average molecular weight is 284 g/mol. The Balaban J connectivity index is 2.61. The second-order valence-electron chi connectivity index (χ2n) is 5.79. The van der Waals surface area contributed by atoms with Crippen molar-refractivity contribution in [2.24, 2.45) is 5.41 Å². The zero-order valence-electron chi connectivity index (χ0n) is 13.0. The second kappa shape index (κ2) is 7.50. The lowest BCUT2D eigenvalue weighted by atomic mass is 9.74. The van der Waals surface area contributed by atoms with E-state index in [1.165, 1.54) is 4.90 Å². The lowest BCUT2D eigenvalue weighted by Crippen LogP contribution is -2.50. The fraction of sp³-hybridized carbons (Fsp3) is 0.867. The molecule has 1 aliphatic rings. The standard InChI is InChI=1S/C15H28N2O3/c1-4-9-17(12-13(18)19)14(20)16-10-7-15(5-2,6-3)8-11-16/h4-12H2,1-3H3,(H,18,19). The molecule has 0 aromatic rings. The van der Waals surface area contributed by atoms with Gasteiger partial charge in [-0.05, 0) is 24.7 Å². The molecule has 1 rings (SSSR count). The van der Waals surface area contributed by atoms with Crippen LogP contribution >= 0.6 is 0 Å². The van der Waals surface area contributed by atoms with Gasteiger partial charge < -0.3 is 14.9 Å². The summed E-state index contributed by atoms with van der Waals surface area (Å²) in [7, 11) is 0. The average Bonchev–Trinajstić information content (AvgIpc) is 2.46. The monoisotopic (exact) mass is 284 g/mol. The highest BCUT2D eigenvalue weighted by molar-refractivity contribution is 5.80. The highest BCUT2D eigenvalue weighted by Crippen LogP contribution is 2.38. The molecule has 1 N–H and O–H groups in total. The molecule has 20 heavy (non-hydrogen) atoms. The fourth-order valence-electron chi connectivity index (χ4n) is 3.00. The number of nitrogens with zero attached hydrogens (tertiary/aromatic N) is 2. The number of hydrogen-bond donors (Lipinski definition) is 1. The summed E-state index contributed by atoms with van der Waals surface area (Å²) in [6, 6.07) is -0.116. The molecule has 0 aromatic carbocycles. The van der Waals surface area contributed by atoms with Crippen LogP contribution in [0.5, 0.6) is 0 Å². The van der Waals surface area contributed by atoms with E-state index in [1.807, 2.05) is 11.8 Å². The number of aliphatic carboxylic acids is 1. The third-order valence-electron chi connectivity index (χ3n) is 4.68. The first kappa shape index (κ1) is 16.8. The van der Waals surface area contributed by atoms with Gasteiger partial charge in [-0.3, -0.25) is 4.79 Å². The van der Waals surface area contributed by atoms with E-state index in [-0.39, 0.29) is 12.6 Å². The minimum atomic E-state index is -0.944. The largest absolute Gasteiger partial charge is 0.480 e. The number of carbonyl (C=O) groups excluding carboxylic acids is 1. The summed E-state index contributed by atoms with van der Waals surface area (Å²) < 4.78 is 0. The highest BCUT2D eigenvalue weighted by Gasteiger charge is 2.34. The van der Waals surface area contributed by atoms with E-state index < -0.39 is 5.97 Å². The lowest BCUT2D eigenvalue weighted by Gasteiger charge is -2.42. The van der Waals surface area contributed by atoms with Gasteiger partial charge in [-0.1, -0.05) is 33.6 Å². The van der Waals surface area contributed by atoms with Gasteiger partial charge in [-0.15, -0.1) is 0 Å². The van der Waals surface area contributed by atoms with Crippen molar-refractivity contribution in [1.82, 2.24) is 9.80 Å². The Hall–Kier alpha value is -1.26. The van der Waals surface area contributed by atoms with Crippen molar-refractivity contribution in [3.05, 3.63) is 0 Å². The molecule has 0 aliphatic carbocycles. The summed E-state index contributed by atoms with van der Waals surface area (Å²) in [6.07, 6.45) is 5.14. The number of carboxylic acid groups (broad SMARTS) is 1. The van der Waals surface area contributed by atoms with Crippen LogP contribution in [-0.4, -0.2) is 53.1 Å². The number of carbonyl (C=O) groups is 2. The Morgan fingerprint density at radius 3 is 2.10 bits per heavy atom. The topological polar surface area (TPSA) is 60.9 Å². The second-order valence-corrected chi connectivity index (χ2v) is 5.79. The van der Waals surface area contributed by atoms with Crippen LogP contribution in [0.25, 0.3) is 0 Å². The Bertz CT molecular complexity index is 330. The molecule has 1 aliphatic heterocycles. The van der Waals surface area contributed by atoms with E-state index in [0.717, 1.165) is 45.2 Å². The molecule has 0 atom stereocenters. The van der Waals surface area contributed by atoms with Gasteiger partial charge in [0.25, 0.3) is 0 Å². The van der Waals surface area contributed by atoms with E-state index in [9.17, 15) is 9.59 Å². The van der Waals surface area contributed by atoms with E-state index in [4.69, 9.17) is 5.11 Å². The molecule has 0 unspecified atom stereocenters. The molecule has 2 amide bonds. The number of urea groups is 1. The smallest absolute Gasteiger partial charge is 0.323 e. The Kier molecular flexibility index (Phi) is 6.30. The van der Waals surface area contributed by atoms with Gasteiger partial charge in [0, 0.05) is 19.6 Å². The quantitative estimate of drug-likeness (QED) is 0.816. The summed E-state index contributed by atoms with van der Waals surface area (Å²) in [5.74, 6) is -0.944. The van der Waals surface area contributed by atoms with E-state index in [2.05, 4.69) is 13.8 Å². The van der Waals surface area contributed by atoms with Gasteiger partial charge in [0.2, 0.25) is 0 Å². The van der Waals surface area contributed by atoms with Gasteiger partial charge in [0.15, 0.2) is 0 Å². The van der Waals surface area contributed by atoms with E-state index in [0.29, 0.717) is 12.0 Å². The van der Waals surface area contributed by atoms with Crippen molar-refractivity contribution in [2.45, 2.75) is 52.9 Å². The Labute approximate surface area is 121 Å². The molecule has 0 aromatic heterocycles. The van der Waals surface area contributed by atoms with Gasteiger partial charge in [0.1, 0.15) is 6.54 Å². The van der Waals surface area contributed by atoms with Crippen LogP contribution in [0.3, 0.4) is 0 Å². The Morgan fingerprint density at radius 2 is 1.70 bits per heavy atom. The van der Waals surface area contributed by atoms with Gasteiger partial charge >= 0.3 is 12.0 Å². The first-order valence-electron chi connectivity index (χ1n) is 7.73. The molecular formula is C15H28N2O3. The zero-order valence-corrected chi connectivity index (χ0v) is 13.0. The van der Waals surface area contributed by atoms with Crippen LogP contribution < -0.4 is 0 Å². The first-order valence-corrected chi connectivity index (χ1v) is 7.73. The van der Waals surface area contributed by atoms with Gasteiger partial charge in [0.05, 0.1) is 0 Å². The number of rotatable bonds is 6. The fourth-order valence-corrected chi connectivity index (χ4v) is 3.00. The summed E-state index contributed by atoms with van der Waals surface area (Å²) in [5, 5.41) is 8.90. The summed E-state index contributed by atoms with van der Waals surface area (Å²) in [6.45, 7) is 8.20. The molecule has 0 spiro atoms. The van der Waals surface area contributed by atoms with Gasteiger partial charge in [-0.2, -0.15) is 0 Å². The molecule has 1 heterocycles. The van der Waals surface area contributed by atoms with Crippen molar-refractivity contribution < 1.29 is 14.7 Å². The number of carboxylic acids is 1. The molecule has 0 radical (unpaired) electrons. The molecule has 116 valence electrons. The Morgan fingerprint density at radius 1 is 1.15 bits per heavy atom. The number of amides is 2. The maximum Gasteiger partial charge on any atom is 0.323 e. The molecular weight excluding hydrogens is 256 g/mol. The first-order chi connectivity index (χ1) is 9.48. The normalized spacial score (nSPS) is 17.9. The minimum Gasteiger partial charge on any atom is -0.480 e. The number of piperidine rings is 1. The van der Waals surface area contributed by atoms with Crippen molar-refractivity contribution in [3.63, 3.8) is 0 Å². The maximum absolute atomic E-state index is 12.4. The van der Waals surface area contributed by atoms with Crippen molar-refractivity contribution in [2.75, 3.05) is 26.2 Å². The van der Waals surface area contributed by atoms with Crippen LogP contribution in [0.1, 0.15) is 52.9 Å². The van der Waals surface area contributed by atoms with Crippen LogP contribution in [0, 0.1) is 5.41 Å².